The molecule has 1 heterocycles. The molecule has 1 aromatic carbocycles. The van der Waals surface area contributed by atoms with E-state index in [2.05, 4.69) is 27.4 Å². The number of nitrogens with one attached hydrogen (secondary N) is 2. The number of nitrogens with zero attached hydrogens (tertiary/aromatic N) is 2. The van der Waals surface area contributed by atoms with Crippen LogP contribution in [0.4, 0.5) is 4.39 Å². The van der Waals surface area contributed by atoms with Gasteiger partial charge in [0.1, 0.15) is 5.82 Å². The number of halogens is 2. The van der Waals surface area contributed by atoms with E-state index in [1.54, 1.807) is 12.1 Å². The second kappa shape index (κ2) is 10.4. The van der Waals surface area contributed by atoms with Crippen LogP contribution in [0.15, 0.2) is 29.3 Å². The van der Waals surface area contributed by atoms with Crippen molar-refractivity contribution in [3.8, 4) is 0 Å². The topological polar surface area (TPSA) is 39.7 Å². The van der Waals surface area contributed by atoms with Gasteiger partial charge in [0.2, 0.25) is 0 Å². The maximum Gasteiger partial charge on any atom is 0.191 e. The van der Waals surface area contributed by atoms with E-state index < -0.39 is 0 Å². The lowest BCUT2D eigenvalue weighted by Crippen LogP contribution is -2.49. The Morgan fingerprint density at radius 3 is 2.50 bits per heavy atom. The van der Waals surface area contributed by atoms with E-state index in [0.29, 0.717) is 12.1 Å². The zero-order valence-corrected chi connectivity index (χ0v) is 18.2. The van der Waals surface area contributed by atoms with E-state index in [-0.39, 0.29) is 29.8 Å². The van der Waals surface area contributed by atoms with Crippen molar-refractivity contribution in [2.45, 2.75) is 57.7 Å². The van der Waals surface area contributed by atoms with Gasteiger partial charge in [-0.1, -0.05) is 25.5 Å². The normalized spacial score (nSPS) is 24.0. The molecule has 1 aromatic rings. The molecular formula is C20H32FIN4. The highest BCUT2D eigenvalue weighted by Gasteiger charge is 2.36. The standard InChI is InChI=1S/C20H31FN4.HI/c1-3-4-16-13-19(16)24-20(22-2)23-18-9-11-25(12-10-18)14-15-5-7-17(21)8-6-15;/h5-8,16,18-19H,3-4,9-14H2,1-2H3,(H2,22,23,24);1H. The molecule has 6 heteroatoms. The van der Waals surface area contributed by atoms with Crippen LogP contribution in [0.25, 0.3) is 0 Å². The van der Waals surface area contributed by atoms with E-state index in [1.165, 1.54) is 24.8 Å². The minimum atomic E-state index is -0.164. The van der Waals surface area contributed by atoms with Crippen molar-refractivity contribution in [2.24, 2.45) is 10.9 Å². The molecule has 1 aliphatic heterocycles. The second-order valence-corrected chi connectivity index (χ2v) is 7.43. The summed E-state index contributed by atoms with van der Waals surface area (Å²) in [5.74, 6) is 1.63. The monoisotopic (exact) mass is 474 g/mol. The lowest BCUT2D eigenvalue weighted by atomic mass is 10.0. The predicted octanol–water partition coefficient (Wildman–Crippen LogP) is 3.76. The molecule has 4 nitrogen and oxygen atoms in total. The lowest BCUT2D eigenvalue weighted by molar-refractivity contribution is 0.198. The zero-order chi connectivity index (χ0) is 17.6. The summed E-state index contributed by atoms with van der Waals surface area (Å²) in [5.41, 5.74) is 1.18. The maximum atomic E-state index is 13.0. The van der Waals surface area contributed by atoms with Gasteiger partial charge >= 0.3 is 0 Å². The molecule has 0 amide bonds. The molecular weight excluding hydrogens is 442 g/mol. The number of hydrogen-bond donors (Lipinski definition) is 2. The van der Waals surface area contributed by atoms with Crippen molar-refractivity contribution in [3.05, 3.63) is 35.6 Å². The Morgan fingerprint density at radius 1 is 1.19 bits per heavy atom. The smallest absolute Gasteiger partial charge is 0.191 e. The highest BCUT2D eigenvalue weighted by molar-refractivity contribution is 14.0. The number of benzene rings is 1. The summed E-state index contributed by atoms with van der Waals surface area (Å²) in [4.78, 5) is 6.84. The molecule has 26 heavy (non-hydrogen) atoms. The van der Waals surface area contributed by atoms with Crippen LogP contribution in [0.3, 0.4) is 0 Å². The Bertz CT molecular complexity index is 570. The molecule has 2 unspecified atom stereocenters. The third kappa shape index (κ3) is 6.37. The molecule has 1 aliphatic carbocycles. The van der Waals surface area contributed by atoms with E-state index in [1.807, 2.05) is 19.2 Å². The van der Waals surface area contributed by atoms with Crippen LogP contribution in [0, 0.1) is 11.7 Å². The van der Waals surface area contributed by atoms with Crippen LogP contribution in [0.2, 0.25) is 0 Å². The van der Waals surface area contributed by atoms with Gasteiger partial charge < -0.3 is 10.6 Å². The molecule has 0 spiro atoms. The third-order valence-corrected chi connectivity index (χ3v) is 5.38. The van der Waals surface area contributed by atoms with Gasteiger partial charge in [0, 0.05) is 38.8 Å². The summed E-state index contributed by atoms with van der Waals surface area (Å²) in [6.07, 6.45) is 6.10. The molecule has 0 bridgehead atoms. The quantitative estimate of drug-likeness (QED) is 0.375. The number of likely N-dealkylation sites (tertiary alicyclic amines) is 1. The summed E-state index contributed by atoms with van der Waals surface area (Å²) >= 11 is 0. The third-order valence-electron chi connectivity index (χ3n) is 5.38. The average Bonchev–Trinajstić information content (AvgIpc) is 3.36. The van der Waals surface area contributed by atoms with Gasteiger partial charge in [-0.2, -0.15) is 0 Å². The number of piperidine rings is 1. The fourth-order valence-electron chi connectivity index (χ4n) is 3.74. The Hall–Kier alpha value is -0.890. The molecule has 2 N–H and O–H groups in total. The summed E-state index contributed by atoms with van der Waals surface area (Å²) in [6, 6.07) is 7.96. The fourth-order valence-corrected chi connectivity index (χ4v) is 3.74. The summed E-state index contributed by atoms with van der Waals surface area (Å²) < 4.78 is 13.0. The number of hydrogen-bond acceptors (Lipinski definition) is 2. The molecule has 1 saturated carbocycles. The molecule has 1 saturated heterocycles. The predicted molar refractivity (Wildman–Crippen MR) is 117 cm³/mol. The summed E-state index contributed by atoms with van der Waals surface area (Å²) in [6.45, 7) is 5.28. The Balaban J connectivity index is 0.00000243. The number of aliphatic imine (C=N–C) groups is 1. The largest absolute Gasteiger partial charge is 0.354 e. The SMILES string of the molecule is CCCC1CC1NC(=NC)NC1CCN(Cc2ccc(F)cc2)CC1.I. The highest BCUT2D eigenvalue weighted by Crippen LogP contribution is 2.34. The zero-order valence-electron chi connectivity index (χ0n) is 15.9. The number of guanidine groups is 1. The molecule has 2 fully saturated rings. The molecule has 0 radical (unpaired) electrons. The van der Waals surface area contributed by atoms with Gasteiger partial charge in [0.15, 0.2) is 5.96 Å². The minimum absolute atomic E-state index is 0. The highest BCUT2D eigenvalue weighted by atomic mass is 127. The fraction of sp³-hybridized carbons (Fsp3) is 0.650. The molecule has 0 aromatic heterocycles. The van der Waals surface area contributed by atoms with Gasteiger partial charge in [-0.3, -0.25) is 9.89 Å². The van der Waals surface area contributed by atoms with Crippen molar-refractivity contribution < 1.29 is 4.39 Å². The first kappa shape index (κ1) is 21.4. The van der Waals surface area contributed by atoms with Crippen LogP contribution < -0.4 is 10.6 Å². The maximum absolute atomic E-state index is 13.0. The van der Waals surface area contributed by atoms with Crippen LogP contribution in [-0.4, -0.2) is 43.1 Å². The average molecular weight is 474 g/mol. The lowest BCUT2D eigenvalue weighted by Gasteiger charge is -2.33. The Labute approximate surface area is 174 Å². The first-order valence-corrected chi connectivity index (χ1v) is 9.64. The van der Waals surface area contributed by atoms with Gasteiger partial charge in [-0.25, -0.2) is 4.39 Å². The van der Waals surface area contributed by atoms with E-state index >= 15 is 0 Å². The van der Waals surface area contributed by atoms with Crippen molar-refractivity contribution in [2.75, 3.05) is 20.1 Å². The van der Waals surface area contributed by atoms with E-state index in [0.717, 1.165) is 44.4 Å². The number of rotatable bonds is 6. The van der Waals surface area contributed by atoms with Crippen molar-refractivity contribution in [1.82, 2.24) is 15.5 Å². The van der Waals surface area contributed by atoms with Gasteiger partial charge in [0.25, 0.3) is 0 Å². The van der Waals surface area contributed by atoms with Crippen LogP contribution in [-0.2, 0) is 6.54 Å². The Kier molecular flexibility index (Phi) is 8.60. The van der Waals surface area contributed by atoms with Crippen LogP contribution >= 0.6 is 24.0 Å². The first-order chi connectivity index (χ1) is 12.2. The van der Waals surface area contributed by atoms with E-state index in [9.17, 15) is 4.39 Å². The molecule has 2 aliphatic rings. The van der Waals surface area contributed by atoms with Crippen molar-refractivity contribution in [1.29, 1.82) is 0 Å². The van der Waals surface area contributed by atoms with Crippen molar-refractivity contribution >= 4 is 29.9 Å². The van der Waals surface area contributed by atoms with Crippen molar-refractivity contribution in [3.63, 3.8) is 0 Å². The second-order valence-electron chi connectivity index (χ2n) is 7.43. The molecule has 2 atom stereocenters. The first-order valence-electron chi connectivity index (χ1n) is 9.64. The van der Waals surface area contributed by atoms with Crippen LogP contribution in [0.1, 0.15) is 44.6 Å². The molecule has 3 rings (SSSR count). The minimum Gasteiger partial charge on any atom is -0.354 e. The Morgan fingerprint density at radius 2 is 1.88 bits per heavy atom. The summed E-state index contributed by atoms with van der Waals surface area (Å²) in [5, 5.41) is 7.16. The summed E-state index contributed by atoms with van der Waals surface area (Å²) in [7, 11) is 1.86. The van der Waals surface area contributed by atoms with E-state index in [4.69, 9.17) is 0 Å². The molecule has 146 valence electrons. The van der Waals surface area contributed by atoms with Gasteiger partial charge in [-0.05, 0) is 49.3 Å². The van der Waals surface area contributed by atoms with Gasteiger partial charge in [-0.15, -0.1) is 24.0 Å². The van der Waals surface area contributed by atoms with Gasteiger partial charge in [0.05, 0.1) is 0 Å². The van der Waals surface area contributed by atoms with Crippen LogP contribution in [0.5, 0.6) is 0 Å².